The van der Waals surface area contributed by atoms with Crippen LogP contribution in [0, 0.1) is 0 Å². The van der Waals surface area contributed by atoms with Crippen LogP contribution < -0.4 is 0 Å². The molecule has 0 aromatic heterocycles. The molecule has 0 bridgehead atoms. The molecule has 1 N–H and O–H groups in total. The van der Waals surface area contributed by atoms with Gasteiger partial charge in [0.2, 0.25) is 10.0 Å². The molecule has 0 rings (SSSR count). The van der Waals surface area contributed by atoms with Gasteiger partial charge in [-0.2, -0.15) is 4.31 Å². The highest BCUT2D eigenvalue weighted by Crippen LogP contribution is 2.06. The molecule has 0 aliphatic carbocycles. The molecular weight excluding hydrogens is 274 g/mol. The number of hydrogen-bond acceptors (Lipinski definition) is 5. The zero-order chi connectivity index (χ0) is 14.7. The molecule has 7 nitrogen and oxygen atoms in total. The average Bonchev–Trinajstić information content (AvgIpc) is 2.32. The van der Waals surface area contributed by atoms with Crippen molar-refractivity contribution in [3.05, 3.63) is 0 Å². The number of aliphatic carboxylic acids is 1. The Bertz CT molecular complexity index is 343. The lowest BCUT2D eigenvalue weighted by Crippen LogP contribution is -2.37. The Labute approximate surface area is 114 Å². The van der Waals surface area contributed by atoms with Gasteiger partial charge in [-0.15, -0.1) is 0 Å². The van der Waals surface area contributed by atoms with E-state index in [2.05, 4.69) is 0 Å². The molecule has 0 unspecified atom stereocenters. The maximum atomic E-state index is 12.0. The molecular formula is C11H23NO6S. The van der Waals surface area contributed by atoms with Crippen LogP contribution in [0.4, 0.5) is 0 Å². The summed E-state index contributed by atoms with van der Waals surface area (Å²) in [6, 6.07) is 0. The van der Waals surface area contributed by atoms with Gasteiger partial charge in [-0.25, -0.2) is 8.42 Å². The van der Waals surface area contributed by atoms with Crippen molar-refractivity contribution in [2.45, 2.75) is 19.3 Å². The largest absolute Gasteiger partial charge is 0.481 e. The molecule has 0 amide bonds. The van der Waals surface area contributed by atoms with Crippen LogP contribution in [0.1, 0.15) is 19.3 Å². The predicted octanol–water partition coefficient (Wildman–Crippen LogP) is 0.166. The second kappa shape index (κ2) is 10.1. The highest BCUT2D eigenvalue weighted by atomic mass is 32.2. The Balaban J connectivity index is 4.38. The van der Waals surface area contributed by atoms with Gasteiger partial charge in [-0.1, -0.05) is 0 Å². The van der Waals surface area contributed by atoms with E-state index in [0.717, 1.165) is 0 Å². The number of carbonyl (C=O) groups is 1. The zero-order valence-corrected chi connectivity index (χ0v) is 12.3. The maximum absolute atomic E-state index is 12.0. The number of methoxy groups -OCH3 is 2. The molecule has 0 radical (unpaired) electrons. The van der Waals surface area contributed by atoms with Gasteiger partial charge < -0.3 is 14.6 Å². The van der Waals surface area contributed by atoms with Crippen molar-refractivity contribution in [2.24, 2.45) is 0 Å². The van der Waals surface area contributed by atoms with Gasteiger partial charge in [0.25, 0.3) is 0 Å². The fourth-order valence-corrected chi connectivity index (χ4v) is 3.03. The maximum Gasteiger partial charge on any atom is 0.303 e. The van der Waals surface area contributed by atoms with Crippen LogP contribution in [0.2, 0.25) is 0 Å². The molecule has 0 aliphatic heterocycles. The minimum atomic E-state index is -3.44. The number of carboxylic acids is 1. The first-order chi connectivity index (χ1) is 8.94. The summed E-state index contributed by atoms with van der Waals surface area (Å²) in [6.07, 6.45) is 0.569. The van der Waals surface area contributed by atoms with Gasteiger partial charge in [0.05, 0.1) is 12.4 Å². The number of carboxylic acid groups (broad SMARTS) is 1. The van der Waals surface area contributed by atoms with Gasteiger partial charge in [-0.05, 0) is 12.8 Å². The van der Waals surface area contributed by atoms with Crippen molar-refractivity contribution in [2.75, 3.05) is 46.3 Å². The third kappa shape index (κ3) is 8.93. The van der Waals surface area contributed by atoms with E-state index >= 15 is 0 Å². The fourth-order valence-electron chi connectivity index (χ4n) is 1.50. The molecule has 0 aromatic carbocycles. The van der Waals surface area contributed by atoms with Crippen LogP contribution in [0.25, 0.3) is 0 Å². The Morgan fingerprint density at radius 2 is 1.74 bits per heavy atom. The summed E-state index contributed by atoms with van der Waals surface area (Å²) in [5.74, 6) is -1.14. The molecule has 19 heavy (non-hydrogen) atoms. The first-order valence-corrected chi connectivity index (χ1v) is 7.72. The lowest BCUT2D eigenvalue weighted by molar-refractivity contribution is -0.137. The first kappa shape index (κ1) is 18.3. The predicted molar refractivity (Wildman–Crippen MR) is 70.6 cm³/mol. The Kier molecular flexibility index (Phi) is 9.76. The standard InChI is InChI=1S/C11H23NO6S/c1-17-8-4-6-12(7-9-18-2)19(15,16)10-3-5-11(13)14/h3-10H2,1-2H3,(H,13,14). The minimum absolute atomic E-state index is 0.116. The summed E-state index contributed by atoms with van der Waals surface area (Å²) < 4.78 is 35.2. The average molecular weight is 297 g/mol. The lowest BCUT2D eigenvalue weighted by Gasteiger charge is -2.21. The van der Waals surface area contributed by atoms with Gasteiger partial charge >= 0.3 is 5.97 Å². The monoisotopic (exact) mass is 297 g/mol. The van der Waals surface area contributed by atoms with E-state index < -0.39 is 16.0 Å². The van der Waals surface area contributed by atoms with Crippen molar-refractivity contribution < 1.29 is 27.8 Å². The van der Waals surface area contributed by atoms with Crippen molar-refractivity contribution in [1.82, 2.24) is 4.31 Å². The molecule has 0 saturated carbocycles. The van der Waals surface area contributed by atoms with Crippen molar-refractivity contribution in [3.8, 4) is 0 Å². The van der Waals surface area contributed by atoms with Crippen molar-refractivity contribution in [1.29, 1.82) is 0 Å². The lowest BCUT2D eigenvalue weighted by atomic mass is 10.3. The summed E-state index contributed by atoms with van der Waals surface area (Å²) in [6.45, 7) is 1.42. The van der Waals surface area contributed by atoms with Gasteiger partial charge in [0.1, 0.15) is 0 Å². The Morgan fingerprint density at radius 3 is 2.26 bits per heavy atom. The van der Waals surface area contributed by atoms with E-state index in [9.17, 15) is 13.2 Å². The summed E-state index contributed by atoms with van der Waals surface area (Å²) in [7, 11) is -0.376. The molecule has 0 aromatic rings. The first-order valence-electron chi connectivity index (χ1n) is 6.11. The zero-order valence-electron chi connectivity index (χ0n) is 11.5. The second-order valence-electron chi connectivity index (χ2n) is 4.05. The number of sulfonamides is 1. The van der Waals surface area contributed by atoms with E-state index in [1.807, 2.05) is 0 Å². The smallest absolute Gasteiger partial charge is 0.303 e. The molecule has 0 saturated heterocycles. The van der Waals surface area contributed by atoms with E-state index in [1.54, 1.807) is 7.11 Å². The van der Waals surface area contributed by atoms with Crippen LogP contribution in [0.3, 0.4) is 0 Å². The SMILES string of the molecule is COCCCN(CCOC)S(=O)(=O)CCCC(=O)O. The molecule has 0 fully saturated rings. The molecule has 0 aliphatic rings. The third-order valence-electron chi connectivity index (χ3n) is 2.49. The highest BCUT2D eigenvalue weighted by molar-refractivity contribution is 7.89. The van der Waals surface area contributed by atoms with Gasteiger partial charge in [0, 0.05) is 40.3 Å². The van der Waals surface area contributed by atoms with E-state index in [4.69, 9.17) is 14.6 Å². The van der Waals surface area contributed by atoms with E-state index in [1.165, 1.54) is 11.4 Å². The number of rotatable bonds is 12. The summed E-state index contributed by atoms with van der Waals surface area (Å²) in [4.78, 5) is 10.4. The molecule has 114 valence electrons. The molecule has 0 atom stereocenters. The van der Waals surface area contributed by atoms with E-state index in [0.29, 0.717) is 26.2 Å². The van der Waals surface area contributed by atoms with Gasteiger partial charge in [-0.3, -0.25) is 4.79 Å². The normalized spacial score (nSPS) is 11.9. The molecule has 0 heterocycles. The van der Waals surface area contributed by atoms with E-state index in [-0.39, 0.29) is 25.1 Å². The van der Waals surface area contributed by atoms with Gasteiger partial charge in [0.15, 0.2) is 0 Å². The topological polar surface area (TPSA) is 93.1 Å². The quantitative estimate of drug-likeness (QED) is 0.516. The Morgan fingerprint density at radius 1 is 1.11 bits per heavy atom. The third-order valence-corrected chi connectivity index (χ3v) is 4.44. The minimum Gasteiger partial charge on any atom is -0.481 e. The van der Waals surface area contributed by atoms with Crippen LogP contribution in [0.5, 0.6) is 0 Å². The second-order valence-corrected chi connectivity index (χ2v) is 6.14. The molecule has 8 heteroatoms. The van der Waals surface area contributed by atoms with Crippen LogP contribution in [0.15, 0.2) is 0 Å². The summed E-state index contributed by atoms with van der Waals surface area (Å²) >= 11 is 0. The molecule has 0 spiro atoms. The van der Waals surface area contributed by atoms with Crippen LogP contribution in [-0.4, -0.2) is 70.1 Å². The van der Waals surface area contributed by atoms with Crippen molar-refractivity contribution >= 4 is 16.0 Å². The highest BCUT2D eigenvalue weighted by Gasteiger charge is 2.21. The van der Waals surface area contributed by atoms with Crippen LogP contribution in [-0.2, 0) is 24.3 Å². The number of hydrogen-bond donors (Lipinski definition) is 1. The Hall–Kier alpha value is -0.700. The number of ether oxygens (including phenoxy) is 2. The summed E-state index contributed by atoms with van der Waals surface area (Å²) in [5, 5.41) is 8.52. The summed E-state index contributed by atoms with van der Waals surface area (Å²) in [5.41, 5.74) is 0. The van der Waals surface area contributed by atoms with Crippen molar-refractivity contribution in [3.63, 3.8) is 0 Å². The number of nitrogens with zero attached hydrogens (tertiary/aromatic N) is 1. The van der Waals surface area contributed by atoms with Crippen LogP contribution >= 0.6 is 0 Å². The fraction of sp³-hybridized carbons (Fsp3) is 0.909.